The van der Waals surface area contributed by atoms with Gasteiger partial charge in [-0.05, 0) is 23.5 Å². The van der Waals surface area contributed by atoms with Crippen LogP contribution in [-0.4, -0.2) is 51.0 Å². The zero-order valence-corrected chi connectivity index (χ0v) is 22.4. The fraction of sp³-hybridized carbons (Fsp3) is 0.321. The molecule has 0 fully saturated rings. The van der Waals surface area contributed by atoms with Crippen LogP contribution < -0.4 is 16.6 Å². The maximum atomic E-state index is 13.7. The van der Waals surface area contributed by atoms with Gasteiger partial charge in [-0.25, -0.2) is 20.4 Å². The summed E-state index contributed by atoms with van der Waals surface area (Å²) in [6, 6.07) is 15.3. The summed E-state index contributed by atoms with van der Waals surface area (Å²) in [5.41, 5.74) is 3.86. The molecule has 0 bridgehead atoms. The fourth-order valence-corrected chi connectivity index (χ4v) is 3.88. The third kappa shape index (κ3) is 8.95. The summed E-state index contributed by atoms with van der Waals surface area (Å²) < 4.78 is 10.9. The number of aromatic nitrogens is 2. The highest BCUT2D eigenvalue weighted by molar-refractivity contribution is 5.97. The van der Waals surface area contributed by atoms with Crippen LogP contribution in [-0.2, 0) is 38.7 Å². The zero-order chi connectivity index (χ0) is 28.9. The average molecular weight is 551 g/mol. The van der Waals surface area contributed by atoms with Gasteiger partial charge in [-0.3, -0.25) is 15.0 Å². The standard InChI is InChI=1S/C28H34N6O6/c1-19(2)13-23(25(35)33-29)32-26(36)24(14-22-15-30-18-31-22)34(27(37)39-16-20-9-5-3-6-10-20)28(38)40-17-21-11-7-4-8-12-21/h3-12,15,18-19,23-24H,13-14,16-17,29H2,1-2H3,(H,30,31)(H,32,36)(H,33,35)/t23-,24-/m1/s1. The van der Waals surface area contributed by atoms with Gasteiger partial charge >= 0.3 is 12.2 Å². The van der Waals surface area contributed by atoms with Gasteiger partial charge in [0.1, 0.15) is 25.3 Å². The molecule has 2 atom stereocenters. The topological polar surface area (TPSA) is 169 Å². The highest BCUT2D eigenvalue weighted by atomic mass is 16.6. The summed E-state index contributed by atoms with van der Waals surface area (Å²) >= 11 is 0. The van der Waals surface area contributed by atoms with Crippen LogP contribution in [0, 0.1) is 5.92 Å². The number of benzene rings is 2. The Hall–Kier alpha value is -4.71. The molecule has 3 aromatic rings. The Labute approximate surface area is 232 Å². The first-order chi connectivity index (χ1) is 19.3. The number of ether oxygens (including phenoxy) is 2. The largest absolute Gasteiger partial charge is 0.444 e. The van der Waals surface area contributed by atoms with E-state index in [-0.39, 0.29) is 32.0 Å². The Morgan fingerprint density at radius 1 is 0.900 bits per heavy atom. The Bertz CT molecular complexity index is 1180. The van der Waals surface area contributed by atoms with E-state index in [1.165, 1.54) is 12.5 Å². The van der Waals surface area contributed by atoms with E-state index in [9.17, 15) is 19.2 Å². The van der Waals surface area contributed by atoms with Gasteiger partial charge < -0.3 is 19.8 Å². The molecule has 12 nitrogen and oxygen atoms in total. The summed E-state index contributed by atoms with van der Waals surface area (Å²) in [5.74, 6) is 3.96. The first-order valence-electron chi connectivity index (χ1n) is 12.8. The lowest BCUT2D eigenvalue weighted by Gasteiger charge is -2.29. The van der Waals surface area contributed by atoms with E-state index in [2.05, 4.69) is 15.3 Å². The predicted molar refractivity (Wildman–Crippen MR) is 145 cm³/mol. The Morgan fingerprint density at radius 3 is 1.90 bits per heavy atom. The molecule has 40 heavy (non-hydrogen) atoms. The maximum absolute atomic E-state index is 13.7. The van der Waals surface area contributed by atoms with Crippen LogP contribution in [0.5, 0.6) is 0 Å². The van der Waals surface area contributed by atoms with Crippen LogP contribution in [0.25, 0.3) is 0 Å². The molecule has 0 saturated heterocycles. The highest BCUT2D eigenvalue weighted by Crippen LogP contribution is 2.16. The predicted octanol–water partition coefficient (Wildman–Crippen LogP) is 2.82. The number of hydrogen-bond donors (Lipinski definition) is 4. The van der Waals surface area contributed by atoms with E-state index in [4.69, 9.17) is 15.3 Å². The lowest BCUT2D eigenvalue weighted by molar-refractivity contribution is -0.131. The van der Waals surface area contributed by atoms with Gasteiger partial charge in [0.15, 0.2) is 0 Å². The van der Waals surface area contributed by atoms with Crippen molar-refractivity contribution in [3.63, 3.8) is 0 Å². The smallest absolute Gasteiger partial charge is 0.420 e. The van der Waals surface area contributed by atoms with Crippen molar-refractivity contribution in [2.45, 2.75) is 52.0 Å². The minimum atomic E-state index is -1.45. The number of rotatable bonds is 12. The molecule has 5 N–H and O–H groups in total. The fourth-order valence-electron chi connectivity index (χ4n) is 3.88. The number of aromatic amines is 1. The minimum absolute atomic E-state index is 0.0245. The SMILES string of the molecule is CC(C)C[C@@H](NC(=O)[C@@H](Cc1cnc[nH]1)N(C(=O)OCc1ccccc1)C(=O)OCc1ccccc1)C(=O)NN. The molecule has 0 aliphatic heterocycles. The third-order valence-electron chi connectivity index (χ3n) is 5.87. The number of nitrogens with zero attached hydrogens (tertiary/aromatic N) is 2. The molecular formula is C28H34N6O6. The molecule has 4 amide bonds. The number of amides is 4. The lowest BCUT2D eigenvalue weighted by Crippen LogP contribution is -2.58. The molecule has 212 valence electrons. The molecule has 0 aliphatic carbocycles. The van der Waals surface area contributed by atoms with E-state index in [0.717, 1.165) is 0 Å². The van der Waals surface area contributed by atoms with E-state index < -0.39 is 36.1 Å². The van der Waals surface area contributed by atoms with Gasteiger partial charge in [0.05, 0.1) is 6.33 Å². The summed E-state index contributed by atoms with van der Waals surface area (Å²) in [4.78, 5) is 60.3. The monoisotopic (exact) mass is 550 g/mol. The molecular weight excluding hydrogens is 516 g/mol. The summed E-state index contributed by atoms with van der Waals surface area (Å²) in [7, 11) is 0. The van der Waals surface area contributed by atoms with Gasteiger partial charge in [0, 0.05) is 18.3 Å². The van der Waals surface area contributed by atoms with Gasteiger partial charge in [-0.1, -0.05) is 74.5 Å². The van der Waals surface area contributed by atoms with Gasteiger partial charge in [-0.2, -0.15) is 4.90 Å². The molecule has 0 aliphatic rings. The summed E-state index contributed by atoms with van der Waals surface area (Å²) in [5, 5.41) is 2.63. The Balaban J connectivity index is 1.91. The minimum Gasteiger partial charge on any atom is -0.444 e. The second-order valence-corrected chi connectivity index (χ2v) is 9.45. The quantitative estimate of drug-likeness (QED) is 0.152. The normalized spacial score (nSPS) is 12.2. The number of hydrogen-bond acceptors (Lipinski definition) is 8. The first kappa shape index (κ1) is 29.8. The number of imidazole rings is 1. The van der Waals surface area contributed by atoms with Crippen LogP contribution in [0.4, 0.5) is 9.59 Å². The van der Waals surface area contributed by atoms with E-state index in [0.29, 0.717) is 21.7 Å². The molecule has 1 heterocycles. The number of imide groups is 1. The van der Waals surface area contributed by atoms with Crippen LogP contribution in [0.2, 0.25) is 0 Å². The maximum Gasteiger partial charge on any atom is 0.420 e. The van der Waals surface area contributed by atoms with E-state index in [1.54, 1.807) is 48.5 Å². The Kier molecular flexibility index (Phi) is 11.2. The van der Waals surface area contributed by atoms with Crippen molar-refractivity contribution in [1.29, 1.82) is 0 Å². The van der Waals surface area contributed by atoms with Crippen molar-refractivity contribution in [2.75, 3.05) is 0 Å². The number of hydrazine groups is 1. The van der Waals surface area contributed by atoms with Gasteiger partial charge in [0.25, 0.3) is 5.91 Å². The van der Waals surface area contributed by atoms with Crippen LogP contribution in [0.15, 0.2) is 73.2 Å². The number of carbonyl (C=O) groups is 4. The first-order valence-corrected chi connectivity index (χ1v) is 12.8. The lowest BCUT2D eigenvalue weighted by atomic mass is 10.0. The van der Waals surface area contributed by atoms with Gasteiger partial charge in [0.2, 0.25) is 5.91 Å². The molecule has 1 aromatic heterocycles. The average Bonchev–Trinajstić information content (AvgIpc) is 3.48. The van der Waals surface area contributed by atoms with Crippen molar-refractivity contribution in [3.05, 3.63) is 90.0 Å². The second kappa shape index (κ2) is 15.0. The van der Waals surface area contributed by atoms with Gasteiger partial charge in [-0.15, -0.1) is 0 Å². The second-order valence-electron chi connectivity index (χ2n) is 9.45. The molecule has 0 unspecified atom stereocenters. The number of carbonyl (C=O) groups excluding carboxylic acids is 4. The van der Waals surface area contributed by atoms with E-state index >= 15 is 0 Å². The van der Waals surface area contributed by atoms with Crippen LogP contribution >= 0.6 is 0 Å². The molecule has 12 heteroatoms. The molecule has 0 radical (unpaired) electrons. The van der Waals surface area contributed by atoms with Crippen LogP contribution in [0.3, 0.4) is 0 Å². The van der Waals surface area contributed by atoms with Crippen molar-refractivity contribution in [3.8, 4) is 0 Å². The van der Waals surface area contributed by atoms with Crippen molar-refractivity contribution in [1.82, 2.24) is 25.6 Å². The van der Waals surface area contributed by atoms with E-state index in [1.807, 2.05) is 31.4 Å². The molecule has 0 saturated carbocycles. The number of nitrogens with one attached hydrogen (secondary N) is 3. The summed E-state index contributed by atoms with van der Waals surface area (Å²) in [6.07, 6.45) is 0.796. The van der Waals surface area contributed by atoms with Crippen molar-refractivity contribution < 1.29 is 28.7 Å². The van der Waals surface area contributed by atoms with Crippen molar-refractivity contribution in [2.24, 2.45) is 11.8 Å². The summed E-state index contributed by atoms with van der Waals surface area (Å²) in [6.45, 7) is 3.46. The van der Waals surface area contributed by atoms with Crippen LogP contribution in [0.1, 0.15) is 37.1 Å². The third-order valence-corrected chi connectivity index (χ3v) is 5.87. The molecule has 3 rings (SSSR count). The molecule has 0 spiro atoms. The molecule has 2 aromatic carbocycles. The Morgan fingerprint density at radius 2 is 1.45 bits per heavy atom. The number of H-pyrrole nitrogens is 1. The highest BCUT2D eigenvalue weighted by Gasteiger charge is 2.39. The number of nitrogens with two attached hydrogens (primary N) is 1. The zero-order valence-electron chi connectivity index (χ0n) is 22.4. The van der Waals surface area contributed by atoms with Crippen molar-refractivity contribution >= 4 is 24.0 Å².